The van der Waals surface area contributed by atoms with E-state index in [0.29, 0.717) is 19.6 Å². The van der Waals surface area contributed by atoms with Crippen LogP contribution in [-0.4, -0.2) is 36.2 Å². The fourth-order valence-electron chi connectivity index (χ4n) is 1.10. The van der Waals surface area contributed by atoms with E-state index in [1.165, 1.54) is 0 Å². The molecule has 0 aromatic heterocycles. The number of aliphatic carboxylic acids is 1. The number of allylic oxidation sites excluding steroid dienone is 1. The highest BCUT2D eigenvalue weighted by Gasteiger charge is 2.18. The Morgan fingerprint density at radius 1 is 1.56 bits per heavy atom. The molecule has 0 saturated carbocycles. The second-order valence-corrected chi connectivity index (χ2v) is 3.27. The SMILES string of the molecule is C=CCCC(=O)NC(CCOCC)C(=O)O. The van der Waals surface area contributed by atoms with Crippen molar-refractivity contribution in [2.45, 2.75) is 32.2 Å². The molecule has 5 heteroatoms. The highest BCUT2D eigenvalue weighted by Crippen LogP contribution is 1.97. The minimum atomic E-state index is -1.04. The van der Waals surface area contributed by atoms with Gasteiger partial charge in [-0.15, -0.1) is 6.58 Å². The Morgan fingerprint density at radius 3 is 2.75 bits per heavy atom. The van der Waals surface area contributed by atoms with Crippen molar-refractivity contribution in [3.8, 4) is 0 Å². The standard InChI is InChI=1S/C11H19NO4/c1-3-5-6-10(13)12-9(11(14)15)7-8-16-4-2/h3,9H,1,4-8H2,2H3,(H,12,13)(H,14,15). The molecule has 2 N–H and O–H groups in total. The highest BCUT2D eigenvalue weighted by atomic mass is 16.5. The fourth-order valence-corrected chi connectivity index (χ4v) is 1.10. The summed E-state index contributed by atoms with van der Waals surface area (Å²) in [6.07, 6.45) is 2.71. The molecule has 0 saturated heterocycles. The molecule has 0 heterocycles. The van der Waals surface area contributed by atoms with E-state index < -0.39 is 12.0 Å². The van der Waals surface area contributed by atoms with Gasteiger partial charge in [-0.2, -0.15) is 0 Å². The van der Waals surface area contributed by atoms with Crippen LogP contribution in [0.3, 0.4) is 0 Å². The first kappa shape index (κ1) is 14.6. The zero-order valence-electron chi connectivity index (χ0n) is 9.57. The van der Waals surface area contributed by atoms with Gasteiger partial charge in [-0.25, -0.2) is 4.79 Å². The first-order chi connectivity index (χ1) is 7.61. The number of ether oxygens (including phenoxy) is 1. The first-order valence-corrected chi connectivity index (χ1v) is 5.32. The normalized spacial score (nSPS) is 11.8. The lowest BCUT2D eigenvalue weighted by molar-refractivity contribution is -0.142. The van der Waals surface area contributed by atoms with E-state index in [9.17, 15) is 9.59 Å². The third-order valence-corrected chi connectivity index (χ3v) is 1.96. The number of rotatable bonds is 9. The fraction of sp³-hybridized carbons (Fsp3) is 0.636. The molecule has 0 spiro atoms. The van der Waals surface area contributed by atoms with Gasteiger partial charge in [-0.1, -0.05) is 6.08 Å². The predicted molar refractivity (Wildman–Crippen MR) is 60.1 cm³/mol. The largest absolute Gasteiger partial charge is 0.480 e. The summed E-state index contributed by atoms with van der Waals surface area (Å²) in [4.78, 5) is 22.1. The lowest BCUT2D eigenvalue weighted by Gasteiger charge is -2.13. The van der Waals surface area contributed by atoms with E-state index in [0.717, 1.165) is 0 Å². The number of carboxylic acids is 1. The van der Waals surface area contributed by atoms with E-state index in [2.05, 4.69) is 11.9 Å². The molecule has 0 aliphatic heterocycles. The summed E-state index contributed by atoms with van der Waals surface area (Å²) in [5.41, 5.74) is 0. The van der Waals surface area contributed by atoms with E-state index in [-0.39, 0.29) is 18.7 Å². The molecule has 0 radical (unpaired) electrons. The molecule has 0 aliphatic carbocycles. The topological polar surface area (TPSA) is 75.6 Å². The number of carboxylic acid groups (broad SMARTS) is 1. The summed E-state index contributed by atoms with van der Waals surface area (Å²) in [5, 5.41) is 11.3. The molecule has 1 atom stereocenters. The smallest absolute Gasteiger partial charge is 0.326 e. The molecule has 0 aliphatic rings. The third-order valence-electron chi connectivity index (χ3n) is 1.96. The molecule has 16 heavy (non-hydrogen) atoms. The van der Waals surface area contributed by atoms with Crippen LogP contribution in [0, 0.1) is 0 Å². The summed E-state index contributed by atoms with van der Waals surface area (Å²) in [6.45, 7) is 6.19. The molecular formula is C11H19NO4. The quantitative estimate of drug-likeness (QED) is 0.456. The van der Waals surface area contributed by atoms with Crippen molar-refractivity contribution in [3.63, 3.8) is 0 Å². The number of carbonyl (C=O) groups is 2. The molecule has 5 nitrogen and oxygen atoms in total. The lowest BCUT2D eigenvalue weighted by atomic mass is 10.2. The van der Waals surface area contributed by atoms with Crippen LogP contribution in [0.1, 0.15) is 26.2 Å². The van der Waals surface area contributed by atoms with E-state index >= 15 is 0 Å². The van der Waals surface area contributed by atoms with Crippen LogP contribution in [0.25, 0.3) is 0 Å². The Hall–Kier alpha value is -1.36. The van der Waals surface area contributed by atoms with Gasteiger partial charge >= 0.3 is 5.97 Å². The summed E-state index contributed by atoms with van der Waals surface area (Å²) in [5.74, 6) is -1.31. The Balaban J connectivity index is 3.96. The maximum Gasteiger partial charge on any atom is 0.326 e. The maximum absolute atomic E-state index is 11.3. The van der Waals surface area contributed by atoms with E-state index in [1.807, 2.05) is 6.92 Å². The van der Waals surface area contributed by atoms with Gasteiger partial charge in [-0.3, -0.25) is 4.79 Å². The average molecular weight is 229 g/mol. The number of amides is 1. The van der Waals surface area contributed by atoms with Crippen LogP contribution >= 0.6 is 0 Å². The molecule has 92 valence electrons. The monoisotopic (exact) mass is 229 g/mol. The summed E-state index contributed by atoms with van der Waals surface area (Å²) in [7, 11) is 0. The van der Waals surface area contributed by atoms with Crippen molar-refractivity contribution < 1.29 is 19.4 Å². The molecule has 1 unspecified atom stereocenters. The van der Waals surface area contributed by atoms with E-state index in [4.69, 9.17) is 9.84 Å². The van der Waals surface area contributed by atoms with Crippen molar-refractivity contribution in [2.24, 2.45) is 0 Å². The van der Waals surface area contributed by atoms with Crippen LogP contribution in [0.2, 0.25) is 0 Å². The minimum absolute atomic E-state index is 0.266. The van der Waals surface area contributed by atoms with Gasteiger partial charge in [-0.05, 0) is 13.3 Å². The van der Waals surface area contributed by atoms with Crippen molar-refractivity contribution in [1.82, 2.24) is 5.32 Å². The minimum Gasteiger partial charge on any atom is -0.480 e. The highest BCUT2D eigenvalue weighted by molar-refractivity contribution is 5.83. The molecule has 0 bridgehead atoms. The van der Waals surface area contributed by atoms with Gasteiger partial charge < -0.3 is 15.2 Å². The van der Waals surface area contributed by atoms with Gasteiger partial charge in [0.1, 0.15) is 6.04 Å². The van der Waals surface area contributed by atoms with Crippen molar-refractivity contribution in [2.75, 3.05) is 13.2 Å². The second-order valence-electron chi connectivity index (χ2n) is 3.27. The maximum atomic E-state index is 11.3. The van der Waals surface area contributed by atoms with Gasteiger partial charge in [0.2, 0.25) is 5.91 Å². The summed E-state index contributed by atoms with van der Waals surface area (Å²) in [6, 6.07) is -0.871. The average Bonchev–Trinajstić information content (AvgIpc) is 2.25. The summed E-state index contributed by atoms with van der Waals surface area (Å²) >= 11 is 0. The number of hydrogen-bond acceptors (Lipinski definition) is 3. The van der Waals surface area contributed by atoms with Crippen LogP contribution in [0.4, 0.5) is 0 Å². The third kappa shape index (κ3) is 7.00. The van der Waals surface area contributed by atoms with Gasteiger partial charge in [0, 0.05) is 26.1 Å². The van der Waals surface area contributed by atoms with Crippen LogP contribution < -0.4 is 5.32 Å². The van der Waals surface area contributed by atoms with Crippen LogP contribution in [0.15, 0.2) is 12.7 Å². The van der Waals surface area contributed by atoms with Crippen molar-refractivity contribution in [1.29, 1.82) is 0 Å². The Bertz CT molecular complexity index is 240. The zero-order valence-corrected chi connectivity index (χ0v) is 9.57. The molecule has 0 rings (SSSR count). The van der Waals surface area contributed by atoms with Gasteiger partial charge in [0.15, 0.2) is 0 Å². The van der Waals surface area contributed by atoms with Crippen LogP contribution in [-0.2, 0) is 14.3 Å². The molecule has 0 aromatic carbocycles. The first-order valence-electron chi connectivity index (χ1n) is 5.32. The van der Waals surface area contributed by atoms with Gasteiger partial charge in [0.05, 0.1) is 0 Å². The van der Waals surface area contributed by atoms with E-state index in [1.54, 1.807) is 6.08 Å². The van der Waals surface area contributed by atoms with Crippen LogP contribution in [0.5, 0.6) is 0 Å². The Labute approximate surface area is 95.5 Å². The Morgan fingerprint density at radius 2 is 2.25 bits per heavy atom. The Kier molecular flexibility index (Phi) is 8.15. The van der Waals surface area contributed by atoms with Crippen molar-refractivity contribution in [3.05, 3.63) is 12.7 Å². The lowest BCUT2D eigenvalue weighted by Crippen LogP contribution is -2.41. The number of carbonyl (C=O) groups excluding carboxylic acids is 1. The molecule has 1 amide bonds. The predicted octanol–water partition coefficient (Wildman–Crippen LogP) is 0.949. The number of nitrogens with one attached hydrogen (secondary N) is 1. The zero-order chi connectivity index (χ0) is 12.4. The molecule has 0 aromatic rings. The van der Waals surface area contributed by atoms with Gasteiger partial charge in [0.25, 0.3) is 0 Å². The molecule has 0 fully saturated rings. The summed E-state index contributed by atoms with van der Waals surface area (Å²) < 4.78 is 5.05. The second kappa shape index (κ2) is 8.91. The molecular weight excluding hydrogens is 210 g/mol. The number of hydrogen-bond donors (Lipinski definition) is 2. The van der Waals surface area contributed by atoms with Crippen molar-refractivity contribution >= 4 is 11.9 Å².